The first-order chi connectivity index (χ1) is 9.60. The van der Waals surface area contributed by atoms with Gasteiger partial charge in [-0.25, -0.2) is 0 Å². The summed E-state index contributed by atoms with van der Waals surface area (Å²) in [5.74, 6) is -0.475. The molecule has 4 nitrogen and oxygen atoms in total. The summed E-state index contributed by atoms with van der Waals surface area (Å²) < 4.78 is 0. The van der Waals surface area contributed by atoms with Crippen LogP contribution < -0.4 is 11.1 Å². The lowest BCUT2D eigenvalue weighted by atomic mass is 9.80. The monoisotopic (exact) mass is 280 g/mol. The molecule has 20 heavy (non-hydrogen) atoms. The van der Waals surface area contributed by atoms with Crippen molar-refractivity contribution in [3.63, 3.8) is 0 Å². The van der Waals surface area contributed by atoms with Crippen LogP contribution in [0.5, 0.6) is 0 Å². The third-order valence-electron chi connectivity index (χ3n) is 4.28. The van der Waals surface area contributed by atoms with E-state index in [1.54, 1.807) is 6.08 Å². The number of hydrogen-bond acceptors (Lipinski definition) is 2. The van der Waals surface area contributed by atoms with Gasteiger partial charge in [-0.15, -0.1) is 6.58 Å². The van der Waals surface area contributed by atoms with E-state index in [-0.39, 0.29) is 23.7 Å². The molecule has 1 saturated carbocycles. The highest BCUT2D eigenvalue weighted by molar-refractivity contribution is 5.86. The summed E-state index contributed by atoms with van der Waals surface area (Å²) >= 11 is 0. The Bertz CT molecular complexity index is 335. The van der Waals surface area contributed by atoms with Gasteiger partial charge in [-0.05, 0) is 32.1 Å². The summed E-state index contributed by atoms with van der Waals surface area (Å²) in [5, 5.41) is 2.86. The Kier molecular flexibility index (Phi) is 7.34. The number of nitrogens with one attached hydrogen (secondary N) is 1. The molecule has 3 N–H and O–H groups in total. The molecule has 2 atom stereocenters. The largest absolute Gasteiger partial charge is 0.369 e. The van der Waals surface area contributed by atoms with Crippen molar-refractivity contribution < 1.29 is 9.59 Å². The highest BCUT2D eigenvalue weighted by Crippen LogP contribution is 2.34. The van der Waals surface area contributed by atoms with Crippen molar-refractivity contribution in [1.29, 1.82) is 0 Å². The molecular weight excluding hydrogens is 252 g/mol. The van der Waals surface area contributed by atoms with Crippen molar-refractivity contribution in [2.45, 2.75) is 51.9 Å². The Morgan fingerprint density at radius 2 is 2.00 bits per heavy atom. The Labute approximate surface area is 122 Å². The number of amides is 2. The van der Waals surface area contributed by atoms with Gasteiger partial charge in [0.15, 0.2) is 0 Å². The van der Waals surface area contributed by atoms with E-state index in [9.17, 15) is 9.59 Å². The van der Waals surface area contributed by atoms with Gasteiger partial charge in [-0.3, -0.25) is 9.59 Å². The second-order valence-corrected chi connectivity index (χ2v) is 5.76. The molecule has 2 amide bonds. The standard InChI is InChI=1S/C16H28N2O2/c1-3-5-10-13(15(17)19)14(16(20)18-4-2)11-12-8-6-7-9-12/h3,12-14H,1,4-11H2,2H3,(H2,17,19)(H,18,20)/t13-,14+/m0/s1. The highest BCUT2D eigenvalue weighted by atomic mass is 16.2. The van der Waals surface area contributed by atoms with E-state index in [0.717, 1.165) is 6.42 Å². The fourth-order valence-electron chi connectivity index (χ4n) is 3.20. The van der Waals surface area contributed by atoms with Gasteiger partial charge in [-0.1, -0.05) is 31.8 Å². The van der Waals surface area contributed by atoms with E-state index in [2.05, 4.69) is 11.9 Å². The van der Waals surface area contributed by atoms with Gasteiger partial charge in [0.25, 0.3) is 0 Å². The molecule has 1 aliphatic carbocycles. The van der Waals surface area contributed by atoms with E-state index >= 15 is 0 Å². The number of hydrogen-bond donors (Lipinski definition) is 2. The first-order valence-corrected chi connectivity index (χ1v) is 7.78. The summed E-state index contributed by atoms with van der Waals surface area (Å²) in [4.78, 5) is 24.0. The van der Waals surface area contributed by atoms with E-state index in [0.29, 0.717) is 25.3 Å². The molecule has 1 fully saturated rings. The first-order valence-electron chi connectivity index (χ1n) is 7.78. The van der Waals surface area contributed by atoms with Crippen molar-refractivity contribution in [3.05, 3.63) is 12.7 Å². The van der Waals surface area contributed by atoms with Gasteiger partial charge in [-0.2, -0.15) is 0 Å². The minimum absolute atomic E-state index is 0.0211. The minimum Gasteiger partial charge on any atom is -0.369 e. The van der Waals surface area contributed by atoms with Crippen LogP contribution in [-0.2, 0) is 9.59 Å². The molecule has 0 aliphatic heterocycles. The molecule has 1 aliphatic rings. The second kappa shape index (κ2) is 8.77. The van der Waals surface area contributed by atoms with Crippen molar-refractivity contribution in [2.24, 2.45) is 23.5 Å². The van der Waals surface area contributed by atoms with Crippen LogP contribution in [0.15, 0.2) is 12.7 Å². The van der Waals surface area contributed by atoms with E-state index < -0.39 is 0 Å². The molecule has 0 aromatic rings. The molecule has 0 unspecified atom stereocenters. The Balaban J connectivity index is 2.77. The summed E-state index contributed by atoms with van der Waals surface area (Å²) in [5.41, 5.74) is 5.53. The minimum atomic E-state index is -0.375. The van der Waals surface area contributed by atoms with Gasteiger partial charge in [0.05, 0.1) is 0 Å². The van der Waals surface area contributed by atoms with E-state index in [1.165, 1.54) is 25.7 Å². The fourth-order valence-corrected chi connectivity index (χ4v) is 3.20. The second-order valence-electron chi connectivity index (χ2n) is 5.76. The van der Waals surface area contributed by atoms with Crippen LogP contribution in [0.3, 0.4) is 0 Å². The lowest BCUT2D eigenvalue weighted by Crippen LogP contribution is -2.41. The van der Waals surface area contributed by atoms with Crippen LogP contribution in [0, 0.1) is 17.8 Å². The summed E-state index contributed by atoms with van der Waals surface area (Å²) in [6.07, 6.45) is 8.71. The van der Waals surface area contributed by atoms with Gasteiger partial charge in [0, 0.05) is 18.4 Å². The number of primary amides is 1. The number of carbonyl (C=O) groups is 2. The van der Waals surface area contributed by atoms with Crippen molar-refractivity contribution in [2.75, 3.05) is 6.54 Å². The zero-order chi connectivity index (χ0) is 15.0. The van der Waals surface area contributed by atoms with Crippen LogP contribution in [0.25, 0.3) is 0 Å². The summed E-state index contributed by atoms with van der Waals surface area (Å²) in [6.45, 7) is 6.17. The van der Waals surface area contributed by atoms with Crippen LogP contribution in [-0.4, -0.2) is 18.4 Å². The maximum Gasteiger partial charge on any atom is 0.223 e. The first kappa shape index (κ1) is 16.7. The normalized spacial score (nSPS) is 18.4. The summed E-state index contributed by atoms with van der Waals surface area (Å²) in [6, 6.07) is 0. The predicted octanol–water partition coefficient (Wildman–Crippen LogP) is 2.39. The van der Waals surface area contributed by atoms with E-state index in [1.807, 2.05) is 6.92 Å². The van der Waals surface area contributed by atoms with Gasteiger partial charge >= 0.3 is 0 Å². The maximum absolute atomic E-state index is 12.3. The lowest BCUT2D eigenvalue weighted by molar-refractivity contribution is -0.134. The number of nitrogens with two attached hydrogens (primary N) is 1. The van der Waals surface area contributed by atoms with Crippen LogP contribution in [0.2, 0.25) is 0 Å². The smallest absolute Gasteiger partial charge is 0.223 e. The molecule has 1 rings (SSSR count). The lowest BCUT2D eigenvalue weighted by Gasteiger charge is -2.26. The molecule has 0 bridgehead atoms. The Morgan fingerprint density at radius 1 is 1.35 bits per heavy atom. The molecule has 114 valence electrons. The molecule has 0 radical (unpaired) electrons. The summed E-state index contributed by atoms with van der Waals surface area (Å²) in [7, 11) is 0. The average molecular weight is 280 g/mol. The van der Waals surface area contributed by atoms with Gasteiger partial charge < -0.3 is 11.1 Å². The van der Waals surface area contributed by atoms with Crippen LogP contribution >= 0.6 is 0 Å². The average Bonchev–Trinajstić information content (AvgIpc) is 2.90. The highest BCUT2D eigenvalue weighted by Gasteiger charge is 2.34. The zero-order valence-electron chi connectivity index (χ0n) is 12.6. The molecular formula is C16H28N2O2. The molecule has 0 aromatic carbocycles. The van der Waals surface area contributed by atoms with Crippen LogP contribution in [0.4, 0.5) is 0 Å². The third kappa shape index (κ3) is 4.99. The molecule has 0 saturated heterocycles. The Morgan fingerprint density at radius 3 is 2.50 bits per heavy atom. The van der Waals surface area contributed by atoms with Crippen LogP contribution in [0.1, 0.15) is 51.9 Å². The van der Waals surface area contributed by atoms with E-state index in [4.69, 9.17) is 5.73 Å². The van der Waals surface area contributed by atoms with Crippen molar-refractivity contribution in [1.82, 2.24) is 5.32 Å². The number of carbonyl (C=O) groups excluding carboxylic acids is 2. The topological polar surface area (TPSA) is 72.2 Å². The Hall–Kier alpha value is -1.32. The van der Waals surface area contributed by atoms with Gasteiger partial charge in [0.1, 0.15) is 0 Å². The quantitative estimate of drug-likeness (QED) is 0.636. The molecule has 4 heteroatoms. The SMILES string of the molecule is C=CCC[C@H](C(N)=O)[C@@H](CC1CCCC1)C(=O)NCC. The maximum atomic E-state index is 12.3. The zero-order valence-corrected chi connectivity index (χ0v) is 12.6. The number of allylic oxidation sites excluding steroid dienone is 1. The predicted molar refractivity (Wildman–Crippen MR) is 80.9 cm³/mol. The fraction of sp³-hybridized carbons (Fsp3) is 0.750. The van der Waals surface area contributed by atoms with Crippen molar-refractivity contribution in [3.8, 4) is 0 Å². The number of rotatable bonds is 9. The third-order valence-corrected chi connectivity index (χ3v) is 4.28. The molecule has 0 aromatic heterocycles. The van der Waals surface area contributed by atoms with Crippen molar-refractivity contribution >= 4 is 11.8 Å². The van der Waals surface area contributed by atoms with Gasteiger partial charge in [0.2, 0.25) is 11.8 Å². The molecule has 0 heterocycles. The molecule has 0 spiro atoms.